The molecule has 2 aromatic heterocycles. The average Bonchev–Trinajstić information content (AvgIpc) is 3.70. The normalized spacial score (nSPS) is 20.4. The van der Waals surface area contributed by atoms with Gasteiger partial charge in [-0.3, -0.25) is 4.98 Å². The molecular formula is C26H25N5O2. The van der Waals surface area contributed by atoms with Crippen molar-refractivity contribution >= 4 is 0 Å². The van der Waals surface area contributed by atoms with Gasteiger partial charge in [0.25, 0.3) is 0 Å². The van der Waals surface area contributed by atoms with Crippen LogP contribution in [0.4, 0.5) is 0 Å². The second-order valence-electron chi connectivity index (χ2n) is 9.19. The molecule has 0 amide bonds. The van der Waals surface area contributed by atoms with E-state index in [1.807, 2.05) is 37.4 Å². The third kappa shape index (κ3) is 3.44. The van der Waals surface area contributed by atoms with Gasteiger partial charge in [-0.25, -0.2) is 4.79 Å². The summed E-state index contributed by atoms with van der Waals surface area (Å²) in [5.74, 6) is 2.99. The van der Waals surface area contributed by atoms with Gasteiger partial charge >= 0.3 is 5.69 Å². The van der Waals surface area contributed by atoms with Crippen LogP contribution in [0.25, 0.3) is 16.8 Å². The van der Waals surface area contributed by atoms with Crippen LogP contribution in [-0.2, 0) is 13.7 Å². The molecule has 0 N–H and O–H groups in total. The molecule has 2 aliphatic carbocycles. The first kappa shape index (κ1) is 19.9. The number of fused-ring (bicyclic) bond motifs is 1. The fourth-order valence-electron chi connectivity index (χ4n) is 4.74. The standard InChI is InChI=1S/C26H25N5O2/c1-15-11-17(18-8-7-16(2)27-13-18)9-10-24(15)33-14-22-19(25-20-12-21(20)25)5-4-6-23(22)31-26(32)30(3)28-29-31/h4-11,13,20-21,25H,12,14H2,1-3H3. The summed E-state index contributed by atoms with van der Waals surface area (Å²) in [5.41, 5.74) is 7.02. The first-order chi connectivity index (χ1) is 16.0. The van der Waals surface area contributed by atoms with E-state index < -0.39 is 0 Å². The molecule has 2 unspecified atom stereocenters. The van der Waals surface area contributed by atoms with Crippen molar-refractivity contribution < 1.29 is 4.74 Å². The highest BCUT2D eigenvalue weighted by atomic mass is 16.5. The van der Waals surface area contributed by atoms with E-state index in [1.54, 1.807) is 7.05 Å². The number of aromatic nitrogens is 5. The van der Waals surface area contributed by atoms with Crippen LogP contribution < -0.4 is 10.4 Å². The molecule has 7 nitrogen and oxygen atoms in total. The highest BCUT2D eigenvalue weighted by Gasteiger charge is 2.64. The lowest BCUT2D eigenvalue weighted by Crippen LogP contribution is -2.23. The van der Waals surface area contributed by atoms with Gasteiger partial charge in [0.1, 0.15) is 12.4 Å². The zero-order chi connectivity index (χ0) is 22.7. The molecule has 0 aliphatic heterocycles. The summed E-state index contributed by atoms with van der Waals surface area (Å²) in [5, 5.41) is 7.97. The van der Waals surface area contributed by atoms with E-state index in [9.17, 15) is 4.79 Å². The number of hydrogen-bond donors (Lipinski definition) is 0. The number of pyridine rings is 1. The number of ether oxygens (including phenoxy) is 1. The third-order valence-electron chi connectivity index (χ3n) is 6.96. The van der Waals surface area contributed by atoms with E-state index in [1.165, 1.54) is 21.3 Å². The van der Waals surface area contributed by atoms with Crippen molar-refractivity contribution in [1.82, 2.24) is 24.8 Å². The Morgan fingerprint density at radius 1 is 1.03 bits per heavy atom. The lowest BCUT2D eigenvalue weighted by atomic mass is 9.96. The molecule has 2 saturated carbocycles. The third-order valence-corrected chi connectivity index (χ3v) is 6.96. The SMILES string of the molecule is Cc1ccc(-c2ccc(OCc3c(C4C5CC54)cccc3-n3nnn(C)c3=O)c(C)c2)cn1. The van der Waals surface area contributed by atoms with E-state index in [4.69, 9.17) is 4.74 Å². The van der Waals surface area contributed by atoms with Crippen LogP contribution >= 0.6 is 0 Å². The molecule has 0 radical (unpaired) electrons. The first-order valence-electron chi connectivity index (χ1n) is 11.3. The molecular weight excluding hydrogens is 414 g/mol. The molecule has 166 valence electrons. The maximum absolute atomic E-state index is 12.6. The van der Waals surface area contributed by atoms with Crippen molar-refractivity contribution in [3.63, 3.8) is 0 Å². The minimum atomic E-state index is -0.262. The molecule has 2 aromatic carbocycles. The Balaban J connectivity index is 1.31. The largest absolute Gasteiger partial charge is 0.489 e. The number of hydrogen-bond acceptors (Lipinski definition) is 5. The van der Waals surface area contributed by atoms with Crippen LogP contribution in [0.5, 0.6) is 5.75 Å². The molecule has 2 heterocycles. The Morgan fingerprint density at radius 2 is 1.85 bits per heavy atom. The highest BCUT2D eigenvalue weighted by Crippen LogP contribution is 2.73. The Kier molecular flexibility index (Phi) is 4.47. The predicted molar refractivity (Wildman–Crippen MR) is 124 cm³/mol. The summed E-state index contributed by atoms with van der Waals surface area (Å²) < 4.78 is 8.94. The average molecular weight is 440 g/mol. The van der Waals surface area contributed by atoms with E-state index in [-0.39, 0.29) is 5.69 Å². The van der Waals surface area contributed by atoms with Crippen molar-refractivity contribution in [3.8, 4) is 22.6 Å². The minimum Gasteiger partial charge on any atom is -0.489 e. The summed E-state index contributed by atoms with van der Waals surface area (Å²) in [6.07, 6.45) is 3.21. The van der Waals surface area contributed by atoms with Crippen molar-refractivity contribution in [1.29, 1.82) is 0 Å². The summed E-state index contributed by atoms with van der Waals surface area (Å²) in [4.78, 5) is 17.0. The molecule has 4 aromatic rings. The summed E-state index contributed by atoms with van der Waals surface area (Å²) >= 11 is 0. The molecule has 2 fully saturated rings. The number of rotatable bonds is 6. The molecule has 0 saturated heterocycles. The van der Waals surface area contributed by atoms with E-state index in [0.29, 0.717) is 12.5 Å². The number of aryl methyl sites for hydroxylation is 3. The zero-order valence-electron chi connectivity index (χ0n) is 18.9. The van der Waals surface area contributed by atoms with Crippen LogP contribution in [0.15, 0.2) is 59.5 Å². The van der Waals surface area contributed by atoms with Gasteiger partial charge in [-0.1, -0.05) is 24.3 Å². The summed E-state index contributed by atoms with van der Waals surface area (Å²) in [7, 11) is 1.61. The highest BCUT2D eigenvalue weighted by molar-refractivity contribution is 5.65. The van der Waals surface area contributed by atoms with Crippen LogP contribution in [0.3, 0.4) is 0 Å². The molecule has 0 bridgehead atoms. The van der Waals surface area contributed by atoms with Gasteiger partial charge in [-0.15, -0.1) is 0 Å². The van der Waals surface area contributed by atoms with Crippen molar-refractivity contribution in [2.75, 3.05) is 0 Å². The van der Waals surface area contributed by atoms with Gasteiger partial charge in [0, 0.05) is 30.1 Å². The minimum absolute atomic E-state index is 0.262. The first-order valence-corrected chi connectivity index (χ1v) is 11.3. The molecule has 2 atom stereocenters. The lowest BCUT2D eigenvalue weighted by molar-refractivity contribution is 0.302. The number of nitrogens with zero attached hydrogens (tertiary/aromatic N) is 5. The molecule has 7 heteroatoms. The molecule has 0 spiro atoms. The Hall–Kier alpha value is -3.74. The van der Waals surface area contributed by atoms with Gasteiger partial charge in [0.05, 0.1) is 5.69 Å². The second kappa shape index (κ2) is 7.40. The maximum atomic E-state index is 12.6. The quantitative estimate of drug-likeness (QED) is 0.455. The van der Waals surface area contributed by atoms with Gasteiger partial charge in [0.2, 0.25) is 0 Å². The smallest absolute Gasteiger partial charge is 0.368 e. The van der Waals surface area contributed by atoms with Crippen molar-refractivity contribution in [2.45, 2.75) is 32.8 Å². The Bertz CT molecular complexity index is 1410. The molecule has 33 heavy (non-hydrogen) atoms. The Morgan fingerprint density at radius 3 is 2.48 bits per heavy atom. The predicted octanol–water partition coefficient (Wildman–Crippen LogP) is 3.96. The van der Waals surface area contributed by atoms with Crippen molar-refractivity contribution in [2.24, 2.45) is 18.9 Å². The lowest BCUT2D eigenvalue weighted by Gasteiger charge is -2.18. The fraction of sp³-hybridized carbons (Fsp3) is 0.308. The molecule has 2 aliphatic rings. The van der Waals surface area contributed by atoms with Gasteiger partial charge < -0.3 is 4.74 Å². The van der Waals surface area contributed by atoms with E-state index in [2.05, 4.69) is 46.6 Å². The Labute approximate surface area is 191 Å². The van der Waals surface area contributed by atoms with Gasteiger partial charge in [0.15, 0.2) is 0 Å². The van der Waals surface area contributed by atoms with Crippen LogP contribution in [-0.4, -0.2) is 24.8 Å². The number of benzene rings is 2. The van der Waals surface area contributed by atoms with Crippen LogP contribution in [0.2, 0.25) is 0 Å². The molecule has 6 rings (SSSR count). The fourth-order valence-corrected chi connectivity index (χ4v) is 4.74. The van der Waals surface area contributed by atoms with Crippen molar-refractivity contribution in [3.05, 3.63) is 87.6 Å². The maximum Gasteiger partial charge on any atom is 0.368 e. The topological polar surface area (TPSA) is 74.8 Å². The van der Waals surface area contributed by atoms with Gasteiger partial charge in [-0.2, -0.15) is 9.36 Å². The van der Waals surface area contributed by atoms with Gasteiger partial charge in [-0.05, 0) is 89.4 Å². The summed E-state index contributed by atoms with van der Waals surface area (Å²) in [6.45, 7) is 4.41. The second-order valence-corrected chi connectivity index (χ2v) is 9.19. The van der Waals surface area contributed by atoms with Crippen LogP contribution in [0.1, 0.15) is 34.7 Å². The van der Waals surface area contributed by atoms with E-state index >= 15 is 0 Å². The number of tetrazole rings is 1. The zero-order valence-corrected chi connectivity index (χ0v) is 18.9. The summed E-state index contributed by atoms with van der Waals surface area (Å²) in [6, 6.07) is 16.4. The van der Waals surface area contributed by atoms with E-state index in [0.717, 1.165) is 51.2 Å². The monoisotopic (exact) mass is 439 g/mol. The van der Waals surface area contributed by atoms with Crippen LogP contribution in [0, 0.1) is 25.7 Å².